The highest BCUT2D eigenvalue weighted by Crippen LogP contribution is 2.21. The van der Waals surface area contributed by atoms with E-state index in [0.29, 0.717) is 21.3 Å². The summed E-state index contributed by atoms with van der Waals surface area (Å²) >= 11 is 11.6. The number of benzene rings is 2. The van der Waals surface area contributed by atoms with Crippen molar-refractivity contribution in [2.24, 2.45) is 0 Å². The number of rotatable bonds is 3. The molecule has 0 saturated carbocycles. The first-order valence-electron chi connectivity index (χ1n) is 6.28. The number of amides is 1. The van der Waals surface area contributed by atoms with Crippen molar-refractivity contribution in [3.63, 3.8) is 0 Å². The van der Waals surface area contributed by atoms with Crippen LogP contribution in [0.1, 0.15) is 10.7 Å². The summed E-state index contributed by atoms with van der Waals surface area (Å²) in [6, 6.07) is 13.6. The van der Waals surface area contributed by atoms with E-state index in [1.54, 1.807) is 48.5 Å². The molecule has 0 atom stereocenters. The van der Waals surface area contributed by atoms with Crippen LogP contribution in [0.3, 0.4) is 0 Å². The van der Waals surface area contributed by atoms with Crippen LogP contribution in [0.25, 0.3) is 11.5 Å². The van der Waals surface area contributed by atoms with E-state index in [-0.39, 0.29) is 11.8 Å². The summed E-state index contributed by atoms with van der Waals surface area (Å²) < 4.78 is 5.36. The van der Waals surface area contributed by atoms with Crippen molar-refractivity contribution in [2.45, 2.75) is 0 Å². The van der Waals surface area contributed by atoms with E-state index in [1.165, 1.54) is 0 Å². The number of halogens is 2. The summed E-state index contributed by atoms with van der Waals surface area (Å²) in [6.45, 7) is 0. The minimum Gasteiger partial charge on any atom is -0.412 e. The Morgan fingerprint density at radius 3 is 2.14 bits per heavy atom. The molecule has 0 saturated heterocycles. The first kappa shape index (κ1) is 14.6. The molecule has 110 valence electrons. The Morgan fingerprint density at radius 1 is 0.909 bits per heavy atom. The van der Waals surface area contributed by atoms with Gasteiger partial charge in [-0.05, 0) is 48.5 Å². The van der Waals surface area contributed by atoms with Crippen LogP contribution in [0.15, 0.2) is 52.9 Å². The highest BCUT2D eigenvalue weighted by Gasteiger charge is 2.16. The van der Waals surface area contributed by atoms with Crippen LogP contribution in [-0.2, 0) is 0 Å². The van der Waals surface area contributed by atoms with Gasteiger partial charge in [0.05, 0.1) is 0 Å². The van der Waals surface area contributed by atoms with Gasteiger partial charge in [0.15, 0.2) is 0 Å². The molecule has 1 heterocycles. The van der Waals surface area contributed by atoms with Gasteiger partial charge >= 0.3 is 11.8 Å². The molecular weight excluding hydrogens is 325 g/mol. The largest absolute Gasteiger partial charge is 0.412 e. The van der Waals surface area contributed by atoms with Gasteiger partial charge in [-0.15, -0.1) is 10.2 Å². The van der Waals surface area contributed by atoms with Crippen LogP contribution in [0.5, 0.6) is 0 Å². The van der Waals surface area contributed by atoms with Crippen molar-refractivity contribution in [1.82, 2.24) is 10.2 Å². The molecule has 1 amide bonds. The molecule has 5 nitrogen and oxygen atoms in total. The van der Waals surface area contributed by atoms with Crippen molar-refractivity contribution in [1.29, 1.82) is 0 Å². The number of nitrogens with zero attached hydrogens (tertiary/aromatic N) is 2. The summed E-state index contributed by atoms with van der Waals surface area (Å²) in [6.07, 6.45) is 0. The number of carbonyl (C=O) groups excluding carboxylic acids is 1. The lowest BCUT2D eigenvalue weighted by molar-refractivity contribution is 0.0991. The monoisotopic (exact) mass is 333 g/mol. The SMILES string of the molecule is O=C(Nc1ccc(Cl)cc1)c1nnc(-c2ccc(Cl)cc2)o1. The number of nitrogens with one attached hydrogen (secondary N) is 1. The zero-order valence-electron chi connectivity index (χ0n) is 11.1. The third kappa shape index (κ3) is 3.27. The number of anilines is 1. The molecule has 0 aliphatic carbocycles. The Morgan fingerprint density at radius 2 is 1.50 bits per heavy atom. The molecule has 0 spiro atoms. The van der Waals surface area contributed by atoms with Crippen molar-refractivity contribution in [2.75, 3.05) is 5.32 Å². The predicted molar refractivity (Wildman–Crippen MR) is 84.1 cm³/mol. The van der Waals surface area contributed by atoms with E-state index in [1.807, 2.05) is 0 Å². The number of hydrogen-bond acceptors (Lipinski definition) is 4. The summed E-state index contributed by atoms with van der Waals surface area (Å²) in [5, 5.41) is 11.4. The summed E-state index contributed by atoms with van der Waals surface area (Å²) in [7, 11) is 0. The molecule has 0 unspecified atom stereocenters. The zero-order chi connectivity index (χ0) is 15.5. The summed E-state index contributed by atoms with van der Waals surface area (Å²) in [4.78, 5) is 12.0. The average molecular weight is 334 g/mol. The lowest BCUT2D eigenvalue weighted by Crippen LogP contribution is -2.12. The minimum absolute atomic E-state index is 0.125. The van der Waals surface area contributed by atoms with Crippen LogP contribution in [0, 0.1) is 0 Å². The maximum absolute atomic E-state index is 12.0. The van der Waals surface area contributed by atoms with E-state index in [4.69, 9.17) is 27.6 Å². The van der Waals surface area contributed by atoms with Crippen LogP contribution in [0.4, 0.5) is 5.69 Å². The van der Waals surface area contributed by atoms with Gasteiger partial charge in [0.25, 0.3) is 0 Å². The number of carbonyl (C=O) groups is 1. The fourth-order valence-corrected chi connectivity index (χ4v) is 1.99. The Kier molecular flexibility index (Phi) is 4.09. The van der Waals surface area contributed by atoms with Gasteiger partial charge in [0.1, 0.15) is 0 Å². The zero-order valence-corrected chi connectivity index (χ0v) is 12.6. The van der Waals surface area contributed by atoms with Crippen molar-refractivity contribution < 1.29 is 9.21 Å². The molecule has 22 heavy (non-hydrogen) atoms. The third-order valence-corrected chi connectivity index (χ3v) is 3.32. The van der Waals surface area contributed by atoms with Crippen LogP contribution in [0.2, 0.25) is 10.0 Å². The second-order valence-corrected chi connectivity index (χ2v) is 5.25. The first-order chi connectivity index (χ1) is 10.6. The van der Waals surface area contributed by atoms with Crippen LogP contribution >= 0.6 is 23.2 Å². The quantitative estimate of drug-likeness (QED) is 0.776. The van der Waals surface area contributed by atoms with Crippen molar-refractivity contribution in [3.05, 3.63) is 64.5 Å². The highest BCUT2D eigenvalue weighted by molar-refractivity contribution is 6.30. The van der Waals surface area contributed by atoms with E-state index < -0.39 is 5.91 Å². The van der Waals surface area contributed by atoms with E-state index >= 15 is 0 Å². The standard InChI is InChI=1S/C15H9Cl2N3O2/c16-10-3-1-9(2-4-10)14-19-20-15(22-14)13(21)18-12-7-5-11(17)6-8-12/h1-8H,(H,18,21). The fraction of sp³-hybridized carbons (Fsp3) is 0. The second kappa shape index (κ2) is 6.17. The molecular formula is C15H9Cl2N3O2. The predicted octanol–water partition coefficient (Wildman–Crippen LogP) is 4.30. The number of hydrogen-bond donors (Lipinski definition) is 1. The van der Waals surface area contributed by atoms with Gasteiger partial charge in [-0.1, -0.05) is 23.2 Å². The molecule has 3 rings (SSSR count). The highest BCUT2D eigenvalue weighted by atomic mass is 35.5. The second-order valence-electron chi connectivity index (χ2n) is 4.38. The maximum atomic E-state index is 12.0. The molecule has 0 radical (unpaired) electrons. The average Bonchev–Trinajstić information content (AvgIpc) is 3.00. The molecule has 0 aliphatic heterocycles. The van der Waals surface area contributed by atoms with Gasteiger partial charge in [0, 0.05) is 21.3 Å². The molecule has 3 aromatic rings. The third-order valence-electron chi connectivity index (χ3n) is 2.81. The number of aromatic nitrogens is 2. The summed E-state index contributed by atoms with van der Waals surface area (Å²) in [5.41, 5.74) is 1.27. The van der Waals surface area contributed by atoms with Gasteiger partial charge in [-0.3, -0.25) is 4.79 Å². The summed E-state index contributed by atoms with van der Waals surface area (Å²) in [5.74, 6) is -0.368. The van der Waals surface area contributed by atoms with Gasteiger partial charge < -0.3 is 9.73 Å². The molecule has 2 aromatic carbocycles. The Bertz CT molecular complexity index is 798. The van der Waals surface area contributed by atoms with Gasteiger partial charge in [-0.25, -0.2) is 0 Å². The molecule has 1 aromatic heterocycles. The molecule has 7 heteroatoms. The first-order valence-corrected chi connectivity index (χ1v) is 7.04. The lowest BCUT2D eigenvalue weighted by Gasteiger charge is -2.01. The Hall–Kier alpha value is -2.37. The van der Waals surface area contributed by atoms with Crippen molar-refractivity contribution >= 4 is 34.8 Å². The van der Waals surface area contributed by atoms with E-state index in [9.17, 15) is 4.79 Å². The van der Waals surface area contributed by atoms with E-state index in [0.717, 1.165) is 0 Å². The van der Waals surface area contributed by atoms with Crippen molar-refractivity contribution in [3.8, 4) is 11.5 Å². The van der Waals surface area contributed by atoms with Gasteiger partial charge in [0.2, 0.25) is 5.89 Å². The molecule has 1 N–H and O–H groups in total. The smallest absolute Gasteiger partial charge is 0.313 e. The normalized spacial score (nSPS) is 10.5. The van der Waals surface area contributed by atoms with E-state index in [2.05, 4.69) is 15.5 Å². The minimum atomic E-state index is -0.491. The van der Waals surface area contributed by atoms with Crippen LogP contribution < -0.4 is 5.32 Å². The fourth-order valence-electron chi connectivity index (χ4n) is 1.74. The van der Waals surface area contributed by atoms with Gasteiger partial charge in [-0.2, -0.15) is 0 Å². The van der Waals surface area contributed by atoms with Crippen LogP contribution in [-0.4, -0.2) is 16.1 Å². The lowest BCUT2D eigenvalue weighted by atomic mass is 10.2. The Balaban J connectivity index is 1.76. The molecule has 0 aliphatic rings. The molecule has 0 fully saturated rings. The topological polar surface area (TPSA) is 68.0 Å². The Labute approximate surface area is 135 Å². The molecule has 0 bridgehead atoms. The maximum Gasteiger partial charge on any atom is 0.313 e.